The van der Waals surface area contributed by atoms with Crippen LogP contribution in [-0.2, 0) is 19.6 Å². The Bertz CT molecular complexity index is 848. The Morgan fingerprint density at radius 1 is 1.00 bits per heavy atom. The normalized spacial score (nSPS) is 12.4. The highest BCUT2D eigenvalue weighted by molar-refractivity contribution is 7.89. The van der Waals surface area contributed by atoms with Gasteiger partial charge in [-0.05, 0) is 29.8 Å². The fourth-order valence-electron chi connectivity index (χ4n) is 2.41. The summed E-state index contributed by atoms with van der Waals surface area (Å²) in [5.74, 6) is -1.81. The van der Waals surface area contributed by atoms with Gasteiger partial charge in [0.05, 0.1) is 11.3 Å². The van der Waals surface area contributed by atoms with E-state index in [1.165, 1.54) is 24.3 Å². The lowest BCUT2D eigenvalue weighted by molar-refractivity contribution is -0.137. The molecule has 2 aromatic rings. The summed E-state index contributed by atoms with van der Waals surface area (Å²) in [6.45, 7) is 0. The second kappa shape index (κ2) is 7.91. The van der Waals surface area contributed by atoms with E-state index in [1.807, 2.05) is 6.07 Å². The fraction of sp³-hybridized carbons (Fsp3) is 0.176. The third-order valence-corrected chi connectivity index (χ3v) is 4.52. The van der Waals surface area contributed by atoms with Crippen LogP contribution in [0.3, 0.4) is 0 Å². The number of carbonyl (C=O) groups is 2. The number of nitrogens with one attached hydrogen (secondary N) is 1. The number of hydrogen-bond donors (Lipinski definition) is 3. The third kappa shape index (κ3) is 5.70. The Balaban J connectivity index is 2.07. The number of amides is 1. The van der Waals surface area contributed by atoms with Gasteiger partial charge in [-0.3, -0.25) is 9.59 Å². The number of carbonyl (C=O) groups excluding carboxylic acids is 1. The van der Waals surface area contributed by atoms with Gasteiger partial charge in [-0.1, -0.05) is 30.3 Å². The van der Waals surface area contributed by atoms with Crippen molar-refractivity contribution in [2.45, 2.75) is 23.7 Å². The topological polar surface area (TPSA) is 127 Å². The van der Waals surface area contributed by atoms with Crippen molar-refractivity contribution in [3.05, 3.63) is 60.2 Å². The molecule has 0 heterocycles. The molecule has 4 N–H and O–H groups in total. The van der Waals surface area contributed by atoms with E-state index in [1.54, 1.807) is 24.3 Å². The molecule has 0 aromatic heterocycles. The van der Waals surface area contributed by atoms with E-state index in [9.17, 15) is 18.0 Å². The van der Waals surface area contributed by atoms with Gasteiger partial charge in [0.2, 0.25) is 15.9 Å². The SMILES string of the molecule is NS(=O)(=O)c1ccc(NC(=O)C[C@H](CC(=O)O)c2ccccc2)cc1. The maximum atomic E-state index is 12.2. The summed E-state index contributed by atoms with van der Waals surface area (Å²) in [6, 6.07) is 14.4. The van der Waals surface area contributed by atoms with E-state index in [4.69, 9.17) is 10.2 Å². The summed E-state index contributed by atoms with van der Waals surface area (Å²) in [4.78, 5) is 23.2. The van der Waals surface area contributed by atoms with Crippen LogP contribution < -0.4 is 10.5 Å². The van der Waals surface area contributed by atoms with Crippen LogP contribution in [0, 0.1) is 0 Å². The van der Waals surface area contributed by atoms with E-state index < -0.39 is 21.9 Å². The van der Waals surface area contributed by atoms with Crippen LogP contribution in [0.25, 0.3) is 0 Å². The van der Waals surface area contributed by atoms with E-state index in [0.29, 0.717) is 5.69 Å². The first-order valence-electron chi connectivity index (χ1n) is 7.45. The molecule has 0 saturated heterocycles. The molecule has 0 aliphatic rings. The summed E-state index contributed by atoms with van der Waals surface area (Å²) < 4.78 is 22.4. The average molecular weight is 362 g/mol. The Labute approximate surface area is 145 Å². The number of hydrogen-bond acceptors (Lipinski definition) is 4. The number of aliphatic carboxylic acids is 1. The van der Waals surface area contributed by atoms with Crippen LogP contribution in [0.15, 0.2) is 59.5 Å². The van der Waals surface area contributed by atoms with Crippen LogP contribution in [0.2, 0.25) is 0 Å². The van der Waals surface area contributed by atoms with Crippen molar-refractivity contribution in [2.75, 3.05) is 5.32 Å². The van der Waals surface area contributed by atoms with Gasteiger partial charge in [-0.2, -0.15) is 0 Å². The molecule has 1 amide bonds. The monoisotopic (exact) mass is 362 g/mol. The maximum absolute atomic E-state index is 12.2. The minimum atomic E-state index is -3.79. The number of sulfonamides is 1. The molecule has 132 valence electrons. The molecular weight excluding hydrogens is 344 g/mol. The highest BCUT2D eigenvalue weighted by atomic mass is 32.2. The highest BCUT2D eigenvalue weighted by Crippen LogP contribution is 2.24. The molecule has 0 fully saturated rings. The van der Waals surface area contributed by atoms with Crippen LogP contribution in [-0.4, -0.2) is 25.4 Å². The molecule has 0 unspecified atom stereocenters. The van der Waals surface area contributed by atoms with Crippen molar-refractivity contribution in [3.63, 3.8) is 0 Å². The van der Waals surface area contributed by atoms with Gasteiger partial charge in [-0.15, -0.1) is 0 Å². The van der Waals surface area contributed by atoms with Crippen molar-refractivity contribution < 1.29 is 23.1 Å². The minimum Gasteiger partial charge on any atom is -0.481 e. The largest absolute Gasteiger partial charge is 0.481 e. The Hall–Kier alpha value is -2.71. The molecular formula is C17H18N2O5S. The first kappa shape index (κ1) is 18.6. The maximum Gasteiger partial charge on any atom is 0.303 e. The second-order valence-electron chi connectivity index (χ2n) is 5.53. The van der Waals surface area contributed by atoms with Crippen molar-refractivity contribution in [2.24, 2.45) is 5.14 Å². The third-order valence-electron chi connectivity index (χ3n) is 3.59. The Morgan fingerprint density at radius 3 is 2.12 bits per heavy atom. The Kier molecular flexibility index (Phi) is 5.89. The summed E-state index contributed by atoms with van der Waals surface area (Å²) in [7, 11) is -3.79. The van der Waals surface area contributed by atoms with E-state index in [-0.39, 0.29) is 23.6 Å². The number of anilines is 1. The van der Waals surface area contributed by atoms with Crippen molar-refractivity contribution in [1.29, 1.82) is 0 Å². The molecule has 0 aliphatic heterocycles. The van der Waals surface area contributed by atoms with Crippen LogP contribution in [0.5, 0.6) is 0 Å². The lowest BCUT2D eigenvalue weighted by Gasteiger charge is -2.15. The molecule has 1 atom stereocenters. The first-order chi connectivity index (χ1) is 11.8. The van der Waals surface area contributed by atoms with Gasteiger partial charge in [-0.25, -0.2) is 13.6 Å². The fourth-order valence-corrected chi connectivity index (χ4v) is 2.92. The van der Waals surface area contributed by atoms with Gasteiger partial charge in [0.1, 0.15) is 0 Å². The molecule has 0 saturated carbocycles. The van der Waals surface area contributed by atoms with E-state index in [0.717, 1.165) is 5.56 Å². The average Bonchev–Trinajstić information content (AvgIpc) is 2.54. The number of primary sulfonamides is 1. The number of rotatable bonds is 7. The molecule has 7 nitrogen and oxygen atoms in total. The predicted molar refractivity (Wildman–Crippen MR) is 92.5 cm³/mol. The molecule has 0 aliphatic carbocycles. The summed E-state index contributed by atoms with van der Waals surface area (Å²) >= 11 is 0. The minimum absolute atomic E-state index is 0.00669. The summed E-state index contributed by atoms with van der Waals surface area (Å²) in [6.07, 6.45) is -0.172. The molecule has 8 heteroatoms. The zero-order chi connectivity index (χ0) is 18.4. The molecule has 2 rings (SSSR count). The van der Waals surface area contributed by atoms with Crippen LogP contribution >= 0.6 is 0 Å². The number of carboxylic acid groups (broad SMARTS) is 1. The molecule has 2 aromatic carbocycles. The predicted octanol–water partition coefficient (Wildman–Crippen LogP) is 1.92. The first-order valence-corrected chi connectivity index (χ1v) is 9.00. The second-order valence-corrected chi connectivity index (χ2v) is 7.09. The quantitative estimate of drug-likeness (QED) is 0.693. The molecule has 0 radical (unpaired) electrons. The van der Waals surface area contributed by atoms with Gasteiger partial charge in [0, 0.05) is 18.0 Å². The van der Waals surface area contributed by atoms with Crippen molar-refractivity contribution >= 4 is 27.6 Å². The molecule has 0 bridgehead atoms. The molecule has 0 spiro atoms. The molecule has 25 heavy (non-hydrogen) atoms. The van der Waals surface area contributed by atoms with Crippen molar-refractivity contribution in [3.8, 4) is 0 Å². The Morgan fingerprint density at radius 2 is 1.60 bits per heavy atom. The lowest BCUT2D eigenvalue weighted by atomic mass is 9.92. The van der Waals surface area contributed by atoms with Gasteiger partial charge in [0.15, 0.2) is 0 Å². The van der Waals surface area contributed by atoms with Crippen LogP contribution in [0.4, 0.5) is 5.69 Å². The highest BCUT2D eigenvalue weighted by Gasteiger charge is 2.19. The number of nitrogens with two attached hydrogens (primary N) is 1. The summed E-state index contributed by atoms with van der Waals surface area (Å²) in [5, 5.41) is 16.7. The summed E-state index contributed by atoms with van der Waals surface area (Å²) in [5.41, 5.74) is 1.17. The van der Waals surface area contributed by atoms with Gasteiger partial charge in [0.25, 0.3) is 0 Å². The van der Waals surface area contributed by atoms with Gasteiger partial charge < -0.3 is 10.4 Å². The standard InChI is InChI=1S/C17H18N2O5S/c18-25(23,24)15-8-6-14(7-9-15)19-16(20)10-13(11-17(21)22)12-4-2-1-3-5-12/h1-9,13H,10-11H2,(H,19,20)(H,21,22)(H2,18,23,24)/t13-/m1/s1. The van der Waals surface area contributed by atoms with E-state index in [2.05, 4.69) is 5.32 Å². The smallest absolute Gasteiger partial charge is 0.303 e. The van der Waals surface area contributed by atoms with Gasteiger partial charge >= 0.3 is 5.97 Å². The van der Waals surface area contributed by atoms with Crippen molar-refractivity contribution in [1.82, 2.24) is 0 Å². The van der Waals surface area contributed by atoms with Crippen LogP contribution in [0.1, 0.15) is 24.3 Å². The lowest BCUT2D eigenvalue weighted by Crippen LogP contribution is -2.18. The number of carboxylic acids is 1. The van der Waals surface area contributed by atoms with E-state index >= 15 is 0 Å². The zero-order valence-electron chi connectivity index (χ0n) is 13.3. The number of benzene rings is 2. The zero-order valence-corrected chi connectivity index (χ0v) is 14.1.